The highest BCUT2D eigenvalue weighted by Gasteiger charge is 2.57. The van der Waals surface area contributed by atoms with Crippen molar-refractivity contribution in [2.75, 3.05) is 19.7 Å². The molecule has 316 valence electrons. The number of quaternary nitrogens is 1. The monoisotopic (exact) mass is 799 g/mol. The number of carbonyl (C=O) groups excluding carboxylic acids is 3. The quantitative estimate of drug-likeness (QED) is 0.0536. The Balaban J connectivity index is 0.000000940. The lowest BCUT2D eigenvalue weighted by Gasteiger charge is -2.47. The van der Waals surface area contributed by atoms with Gasteiger partial charge in [0.15, 0.2) is 0 Å². The van der Waals surface area contributed by atoms with Gasteiger partial charge in [0.2, 0.25) is 0 Å². The van der Waals surface area contributed by atoms with E-state index in [0.717, 1.165) is 32.1 Å². The zero-order valence-electron chi connectivity index (χ0n) is 33.9. The molecule has 5 rings (SSSR count). The van der Waals surface area contributed by atoms with Crippen LogP contribution in [0.25, 0.3) is 0 Å². The number of unbranched alkanes of at least 4 members (excludes halogenated alkanes) is 12. The topological polar surface area (TPSA) is 102 Å². The number of halogens is 3. The summed E-state index contributed by atoms with van der Waals surface area (Å²) in [6, 6.07) is 19.7. The number of hydrogen-bond donors (Lipinski definition) is 0. The van der Waals surface area contributed by atoms with Crippen LogP contribution in [0.15, 0.2) is 72.8 Å². The maximum Gasteiger partial charge on any atom is 0.510 e. The summed E-state index contributed by atoms with van der Waals surface area (Å²) in [4.78, 5) is 36.7. The molecule has 0 N–H and O–H groups in total. The van der Waals surface area contributed by atoms with Crippen LogP contribution in [0.4, 0.5) is 18.0 Å². The largest absolute Gasteiger partial charge is 0.542 e. The molecule has 2 aromatic rings. The van der Waals surface area contributed by atoms with Crippen molar-refractivity contribution in [3.8, 4) is 0 Å². The summed E-state index contributed by atoms with van der Waals surface area (Å²) in [5, 5.41) is 8.78. The molecule has 1 spiro atoms. The third kappa shape index (κ3) is 13.6. The van der Waals surface area contributed by atoms with Crippen molar-refractivity contribution in [1.82, 2.24) is 0 Å². The summed E-state index contributed by atoms with van der Waals surface area (Å²) in [6.07, 6.45) is 22.3. The average Bonchev–Trinajstić information content (AvgIpc) is 3.75. The van der Waals surface area contributed by atoms with Gasteiger partial charge in [-0.3, -0.25) is 0 Å². The van der Waals surface area contributed by atoms with Crippen molar-refractivity contribution in [3.05, 3.63) is 83.9 Å². The van der Waals surface area contributed by atoms with Gasteiger partial charge < -0.3 is 28.6 Å². The Labute approximate surface area is 337 Å². The van der Waals surface area contributed by atoms with Crippen LogP contribution in [-0.4, -0.2) is 66.6 Å². The highest BCUT2D eigenvalue weighted by molar-refractivity contribution is 5.88. The van der Waals surface area contributed by atoms with Gasteiger partial charge >= 0.3 is 18.3 Å². The fraction of sp³-hybridized carbons (Fsp3) is 0.630. The summed E-state index contributed by atoms with van der Waals surface area (Å²) in [6.45, 7) is 5.06. The minimum Gasteiger partial charge on any atom is -0.542 e. The number of aliphatic carboxylic acids is 1. The first-order valence-electron chi connectivity index (χ1n) is 21.5. The summed E-state index contributed by atoms with van der Waals surface area (Å²) < 4.78 is 51.0. The van der Waals surface area contributed by atoms with E-state index in [2.05, 4.69) is 19.1 Å². The SMILES string of the molecule is CCCCCCCC/C=C\CCCCCCCCOC(=O)OC(C(=O)OC1CC2CCC(C1)[N+]21CCCC1)(c1ccccc1)c1ccccc1.O=C([O-])C(F)(F)F. The standard InChI is InChI=1S/C44H64NO5.C2HF3O2/c1-2-3-4-5-6-7-8-9-10-11-12-13-14-15-16-25-34-48-43(47)50-44(37-26-19-17-20-27-37,38-28-21-18-22-29-38)42(46)49-41-35-39-30-31-40(36-41)45(39)32-23-24-33-45;3-2(4,5)1(6)7/h9-10,17-22,26-29,39-41H,2-8,11-16,23-25,30-36H2,1H3;(H,6,7)/q+1;/p-1/b10-9-;. The third-order valence-corrected chi connectivity index (χ3v) is 12.0. The smallest absolute Gasteiger partial charge is 0.510 e. The normalized spacial score (nSPS) is 19.9. The Kier molecular flexibility index (Phi) is 18.9. The fourth-order valence-corrected chi connectivity index (χ4v) is 9.11. The number of piperidine rings is 1. The van der Waals surface area contributed by atoms with Gasteiger partial charge in [-0.15, -0.1) is 0 Å². The fourth-order valence-electron chi connectivity index (χ4n) is 9.11. The average molecular weight is 800 g/mol. The number of hydrogen-bond acceptors (Lipinski definition) is 7. The molecule has 3 heterocycles. The van der Waals surface area contributed by atoms with Crippen molar-refractivity contribution in [2.24, 2.45) is 0 Å². The van der Waals surface area contributed by atoms with Crippen molar-refractivity contribution in [2.45, 2.75) is 165 Å². The Morgan fingerprint density at radius 2 is 1.18 bits per heavy atom. The van der Waals surface area contributed by atoms with Crippen molar-refractivity contribution >= 4 is 18.1 Å². The van der Waals surface area contributed by atoms with Gasteiger partial charge in [-0.05, 0) is 32.1 Å². The molecule has 3 aliphatic heterocycles. The molecule has 2 bridgehead atoms. The second-order valence-corrected chi connectivity index (χ2v) is 16.0. The second kappa shape index (κ2) is 23.5. The van der Waals surface area contributed by atoms with E-state index >= 15 is 0 Å². The number of nitrogens with zero attached hydrogens (tertiary/aromatic N) is 1. The third-order valence-electron chi connectivity index (χ3n) is 12.0. The van der Waals surface area contributed by atoms with Crippen molar-refractivity contribution in [1.29, 1.82) is 0 Å². The molecule has 0 amide bonds. The van der Waals surface area contributed by atoms with Crippen LogP contribution in [0.2, 0.25) is 0 Å². The minimum atomic E-state index is -5.19. The van der Waals surface area contributed by atoms with Crippen molar-refractivity contribution in [3.63, 3.8) is 0 Å². The molecule has 0 radical (unpaired) electrons. The molecule has 3 saturated heterocycles. The van der Waals surface area contributed by atoms with Crippen LogP contribution < -0.4 is 5.11 Å². The lowest BCUT2D eigenvalue weighted by Crippen LogP contribution is -2.60. The predicted octanol–water partition coefficient (Wildman–Crippen LogP) is 10.3. The summed E-state index contributed by atoms with van der Waals surface area (Å²) in [7, 11) is 0. The molecular formula is C46H64F3NO7. The molecule has 8 nitrogen and oxygen atoms in total. The van der Waals surface area contributed by atoms with Crippen LogP contribution in [0, 0.1) is 0 Å². The highest BCUT2D eigenvalue weighted by atomic mass is 19.4. The summed E-state index contributed by atoms with van der Waals surface area (Å²) in [5.74, 6) is -3.55. The Hall–Kier alpha value is -3.86. The molecule has 57 heavy (non-hydrogen) atoms. The molecule has 3 fully saturated rings. The lowest BCUT2D eigenvalue weighted by atomic mass is 9.85. The van der Waals surface area contributed by atoms with E-state index in [1.807, 2.05) is 60.7 Å². The molecule has 0 saturated carbocycles. The van der Waals surface area contributed by atoms with E-state index in [1.54, 1.807) is 0 Å². The molecule has 3 aliphatic rings. The first kappa shape index (κ1) is 45.8. The van der Waals surface area contributed by atoms with Gasteiger partial charge in [-0.2, -0.15) is 13.2 Å². The molecule has 2 atom stereocenters. The zero-order chi connectivity index (χ0) is 41.0. The number of esters is 1. The summed E-state index contributed by atoms with van der Waals surface area (Å²) in [5.41, 5.74) is -0.626. The number of carboxylic acid groups (broad SMARTS) is 1. The minimum absolute atomic E-state index is 0.183. The predicted molar refractivity (Wildman–Crippen MR) is 212 cm³/mol. The van der Waals surface area contributed by atoms with Gasteiger partial charge in [0.1, 0.15) is 12.1 Å². The first-order valence-corrected chi connectivity index (χ1v) is 21.5. The van der Waals surface area contributed by atoms with Crippen LogP contribution in [0.1, 0.15) is 146 Å². The van der Waals surface area contributed by atoms with E-state index in [4.69, 9.17) is 24.1 Å². The van der Waals surface area contributed by atoms with Crippen LogP contribution in [0.3, 0.4) is 0 Å². The molecule has 0 aromatic heterocycles. The molecule has 11 heteroatoms. The first-order chi connectivity index (χ1) is 27.5. The molecular weight excluding hydrogens is 736 g/mol. The van der Waals surface area contributed by atoms with Gasteiger partial charge in [0.25, 0.3) is 5.60 Å². The van der Waals surface area contributed by atoms with E-state index in [0.29, 0.717) is 23.2 Å². The number of carboxylic acids is 1. The number of benzene rings is 2. The van der Waals surface area contributed by atoms with Crippen molar-refractivity contribution < 1.29 is 51.4 Å². The van der Waals surface area contributed by atoms with Gasteiger partial charge in [-0.1, -0.05) is 138 Å². The number of carbonyl (C=O) groups is 3. The summed E-state index contributed by atoms with van der Waals surface area (Å²) >= 11 is 0. The maximum absolute atomic E-state index is 14.5. The number of rotatable bonds is 21. The van der Waals surface area contributed by atoms with Crippen LogP contribution in [0.5, 0.6) is 0 Å². The van der Waals surface area contributed by atoms with Gasteiger partial charge in [0, 0.05) is 49.7 Å². The van der Waals surface area contributed by atoms with Crippen LogP contribution in [-0.2, 0) is 29.4 Å². The van der Waals surface area contributed by atoms with Gasteiger partial charge in [-0.25, -0.2) is 9.59 Å². The Morgan fingerprint density at radius 1 is 0.719 bits per heavy atom. The lowest BCUT2D eigenvalue weighted by molar-refractivity contribution is -0.956. The molecule has 2 aromatic carbocycles. The van der Waals surface area contributed by atoms with Crippen LogP contribution >= 0.6 is 0 Å². The number of allylic oxidation sites excluding steroid dienone is 2. The zero-order valence-corrected chi connectivity index (χ0v) is 33.9. The van der Waals surface area contributed by atoms with E-state index in [1.165, 1.54) is 114 Å². The molecule has 0 aliphatic carbocycles. The number of ether oxygens (including phenoxy) is 3. The second-order valence-electron chi connectivity index (χ2n) is 16.0. The van der Waals surface area contributed by atoms with E-state index in [-0.39, 0.29) is 12.7 Å². The highest BCUT2D eigenvalue weighted by Crippen LogP contribution is 2.47. The Bertz CT molecular complexity index is 1460. The van der Waals surface area contributed by atoms with E-state index in [9.17, 15) is 22.8 Å². The Morgan fingerprint density at radius 3 is 1.65 bits per heavy atom. The number of alkyl halides is 3. The maximum atomic E-state index is 14.5. The van der Waals surface area contributed by atoms with Gasteiger partial charge in [0.05, 0.1) is 31.8 Å². The molecule has 2 unspecified atom stereocenters. The van der Waals surface area contributed by atoms with E-state index < -0.39 is 29.9 Å².